The van der Waals surface area contributed by atoms with Gasteiger partial charge >= 0.3 is 0 Å². The third-order valence-electron chi connectivity index (χ3n) is 2.41. The summed E-state index contributed by atoms with van der Waals surface area (Å²) in [5.74, 6) is 0. The van der Waals surface area contributed by atoms with Gasteiger partial charge in [-0.05, 0) is 23.3 Å². The van der Waals surface area contributed by atoms with Crippen molar-refractivity contribution >= 4 is 6.21 Å². The van der Waals surface area contributed by atoms with Crippen LogP contribution in [0.4, 0.5) is 0 Å². The number of hydrogen-bond acceptors (Lipinski definition) is 3. The fraction of sp³-hybridized carbons (Fsp3) is 0.143. The van der Waals surface area contributed by atoms with Crippen molar-refractivity contribution in [3.05, 3.63) is 66.0 Å². The van der Waals surface area contributed by atoms with Crippen LogP contribution in [0.3, 0.4) is 0 Å². The summed E-state index contributed by atoms with van der Waals surface area (Å²) in [4.78, 5) is 8.14. The SMILES string of the molecule is O[C@@H](CN=Cc1ccncc1)c1ccccc1. The maximum atomic E-state index is 9.87. The Labute approximate surface area is 100 Å². The highest BCUT2D eigenvalue weighted by Gasteiger charge is 2.04. The third kappa shape index (κ3) is 3.50. The van der Waals surface area contributed by atoms with E-state index in [0.717, 1.165) is 11.1 Å². The van der Waals surface area contributed by atoms with E-state index >= 15 is 0 Å². The zero-order chi connectivity index (χ0) is 11.9. The van der Waals surface area contributed by atoms with Gasteiger partial charge in [-0.3, -0.25) is 9.98 Å². The summed E-state index contributed by atoms with van der Waals surface area (Å²) in [5, 5.41) is 9.87. The van der Waals surface area contributed by atoms with Crippen LogP contribution in [0.15, 0.2) is 59.9 Å². The number of pyridine rings is 1. The number of aliphatic imine (C=N–C) groups is 1. The van der Waals surface area contributed by atoms with Crippen LogP contribution in [-0.4, -0.2) is 22.8 Å². The number of nitrogens with zero attached hydrogens (tertiary/aromatic N) is 2. The molecular weight excluding hydrogens is 212 g/mol. The molecule has 1 aromatic carbocycles. The van der Waals surface area contributed by atoms with Gasteiger partial charge in [0.1, 0.15) is 0 Å². The second kappa shape index (κ2) is 5.92. The lowest BCUT2D eigenvalue weighted by Gasteiger charge is -2.06. The van der Waals surface area contributed by atoms with Crippen LogP contribution in [0.25, 0.3) is 0 Å². The lowest BCUT2D eigenvalue weighted by molar-refractivity contribution is 0.187. The minimum atomic E-state index is -0.547. The Morgan fingerprint density at radius 3 is 2.53 bits per heavy atom. The Morgan fingerprint density at radius 1 is 1.12 bits per heavy atom. The molecule has 0 spiro atoms. The fourth-order valence-corrected chi connectivity index (χ4v) is 1.49. The second-order valence-electron chi connectivity index (χ2n) is 3.70. The van der Waals surface area contributed by atoms with E-state index in [9.17, 15) is 5.11 Å². The van der Waals surface area contributed by atoms with Crippen LogP contribution >= 0.6 is 0 Å². The average molecular weight is 226 g/mol. The van der Waals surface area contributed by atoms with Crippen molar-refractivity contribution in [1.82, 2.24) is 4.98 Å². The molecule has 0 aliphatic rings. The highest BCUT2D eigenvalue weighted by molar-refractivity contribution is 5.79. The van der Waals surface area contributed by atoms with Crippen LogP contribution in [0.5, 0.6) is 0 Å². The first-order chi connectivity index (χ1) is 8.36. The van der Waals surface area contributed by atoms with Crippen molar-refractivity contribution in [2.45, 2.75) is 6.10 Å². The zero-order valence-corrected chi connectivity index (χ0v) is 9.40. The van der Waals surface area contributed by atoms with E-state index in [2.05, 4.69) is 9.98 Å². The number of benzene rings is 1. The van der Waals surface area contributed by atoms with E-state index < -0.39 is 6.10 Å². The standard InChI is InChI=1S/C14H14N2O/c17-14(13-4-2-1-3-5-13)11-16-10-12-6-8-15-9-7-12/h1-10,14,17H,11H2/t14-/m0/s1. The summed E-state index contributed by atoms with van der Waals surface area (Å²) >= 11 is 0. The molecule has 0 radical (unpaired) electrons. The molecule has 17 heavy (non-hydrogen) atoms. The van der Waals surface area contributed by atoms with E-state index in [4.69, 9.17) is 0 Å². The minimum absolute atomic E-state index is 0.367. The van der Waals surface area contributed by atoms with Gasteiger partial charge in [0.05, 0.1) is 12.6 Å². The van der Waals surface area contributed by atoms with Gasteiger partial charge in [-0.25, -0.2) is 0 Å². The molecule has 0 aliphatic carbocycles. The molecule has 0 fully saturated rings. The Bertz CT molecular complexity index is 468. The number of aromatic nitrogens is 1. The topological polar surface area (TPSA) is 45.5 Å². The maximum Gasteiger partial charge on any atom is 0.0985 e. The molecule has 1 atom stereocenters. The van der Waals surface area contributed by atoms with E-state index in [-0.39, 0.29) is 0 Å². The number of aliphatic hydroxyl groups excluding tert-OH is 1. The van der Waals surface area contributed by atoms with Crippen molar-refractivity contribution in [3.63, 3.8) is 0 Å². The highest BCUT2D eigenvalue weighted by atomic mass is 16.3. The minimum Gasteiger partial charge on any atom is -0.386 e. The smallest absolute Gasteiger partial charge is 0.0985 e. The molecular formula is C14H14N2O. The predicted molar refractivity (Wildman–Crippen MR) is 68.1 cm³/mol. The Morgan fingerprint density at radius 2 is 1.82 bits per heavy atom. The molecule has 3 heteroatoms. The summed E-state index contributed by atoms with van der Waals surface area (Å²) in [6.45, 7) is 0.367. The van der Waals surface area contributed by atoms with E-state index in [0.29, 0.717) is 6.54 Å². The van der Waals surface area contributed by atoms with Crippen LogP contribution in [0.2, 0.25) is 0 Å². The molecule has 86 valence electrons. The molecule has 0 saturated carbocycles. The summed E-state index contributed by atoms with van der Waals surface area (Å²) in [5.41, 5.74) is 1.87. The van der Waals surface area contributed by atoms with Crippen molar-refractivity contribution < 1.29 is 5.11 Å². The average Bonchev–Trinajstić information content (AvgIpc) is 2.41. The molecule has 0 aliphatic heterocycles. The lowest BCUT2D eigenvalue weighted by Crippen LogP contribution is -2.01. The van der Waals surface area contributed by atoms with Gasteiger partial charge in [-0.2, -0.15) is 0 Å². The number of aliphatic hydroxyl groups is 1. The first-order valence-electron chi connectivity index (χ1n) is 5.49. The molecule has 1 N–H and O–H groups in total. The zero-order valence-electron chi connectivity index (χ0n) is 9.40. The van der Waals surface area contributed by atoms with E-state index in [1.54, 1.807) is 18.6 Å². The van der Waals surface area contributed by atoms with Crippen LogP contribution in [-0.2, 0) is 0 Å². The van der Waals surface area contributed by atoms with Gasteiger partial charge in [-0.1, -0.05) is 30.3 Å². The normalized spacial score (nSPS) is 12.8. The van der Waals surface area contributed by atoms with Gasteiger partial charge < -0.3 is 5.11 Å². The lowest BCUT2D eigenvalue weighted by atomic mass is 10.1. The molecule has 0 bridgehead atoms. The summed E-state index contributed by atoms with van der Waals surface area (Å²) in [6, 6.07) is 13.3. The molecule has 0 amide bonds. The van der Waals surface area contributed by atoms with Gasteiger partial charge in [0.2, 0.25) is 0 Å². The predicted octanol–water partition coefficient (Wildman–Crippen LogP) is 2.23. The monoisotopic (exact) mass is 226 g/mol. The quantitative estimate of drug-likeness (QED) is 0.812. The molecule has 0 saturated heterocycles. The Kier molecular flexibility index (Phi) is 4.00. The summed E-state index contributed by atoms with van der Waals surface area (Å²) < 4.78 is 0. The van der Waals surface area contributed by atoms with Gasteiger partial charge in [0.15, 0.2) is 0 Å². The largest absolute Gasteiger partial charge is 0.386 e. The Hall–Kier alpha value is -2.00. The van der Waals surface area contributed by atoms with E-state index in [1.807, 2.05) is 42.5 Å². The first kappa shape index (κ1) is 11.5. The molecule has 0 unspecified atom stereocenters. The van der Waals surface area contributed by atoms with Crippen molar-refractivity contribution in [2.24, 2.45) is 4.99 Å². The number of rotatable bonds is 4. The number of hydrogen-bond donors (Lipinski definition) is 1. The van der Waals surface area contributed by atoms with Crippen LogP contribution < -0.4 is 0 Å². The first-order valence-corrected chi connectivity index (χ1v) is 5.49. The molecule has 2 rings (SSSR count). The van der Waals surface area contributed by atoms with Crippen molar-refractivity contribution in [2.75, 3.05) is 6.54 Å². The van der Waals surface area contributed by atoms with Gasteiger partial charge in [-0.15, -0.1) is 0 Å². The van der Waals surface area contributed by atoms with Crippen LogP contribution in [0.1, 0.15) is 17.2 Å². The highest BCUT2D eigenvalue weighted by Crippen LogP contribution is 2.11. The summed E-state index contributed by atoms with van der Waals surface area (Å²) in [6.07, 6.45) is 4.63. The fourth-order valence-electron chi connectivity index (χ4n) is 1.49. The molecule has 1 heterocycles. The van der Waals surface area contributed by atoms with E-state index in [1.165, 1.54) is 0 Å². The summed E-state index contributed by atoms with van der Waals surface area (Å²) in [7, 11) is 0. The van der Waals surface area contributed by atoms with Gasteiger partial charge in [0.25, 0.3) is 0 Å². The van der Waals surface area contributed by atoms with Crippen molar-refractivity contribution in [3.8, 4) is 0 Å². The molecule has 2 aromatic rings. The molecule has 3 nitrogen and oxygen atoms in total. The van der Waals surface area contributed by atoms with Gasteiger partial charge in [0, 0.05) is 18.6 Å². The Balaban J connectivity index is 1.93. The third-order valence-corrected chi connectivity index (χ3v) is 2.41. The van der Waals surface area contributed by atoms with Crippen LogP contribution in [0, 0.1) is 0 Å². The molecule has 1 aromatic heterocycles. The second-order valence-corrected chi connectivity index (χ2v) is 3.70. The maximum absolute atomic E-state index is 9.87. The van der Waals surface area contributed by atoms with Crippen molar-refractivity contribution in [1.29, 1.82) is 0 Å².